The van der Waals surface area contributed by atoms with E-state index in [9.17, 15) is 0 Å². The van der Waals surface area contributed by atoms with Gasteiger partial charge in [-0.3, -0.25) is 9.80 Å². The Labute approximate surface area is 169 Å². The molecule has 0 spiro atoms. The van der Waals surface area contributed by atoms with E-state index in [0.717, 1.165) is 50.5 Å². The molecule has 4 rings (SSSR count). The SMILES string of the molecule is CCc1nc(CN2CCN(Cc3nc(-c4ccc(OC)cc4)no3)CC2)cs1. The molecular formula is C20H25N5O2S. The average molecular weight is 400 g/mol. The molecule has 1 aliphatic heterocycles. The van der Waals surface area contributed by atoms with Crippen LogP contribution in [0, 0.1) is 0 Å². The van der Waals surface area contributed by atoms with Crippen molar-refractivity contribution >= 4 is 11.3 Å². The third kappa shape index (κ3) is 4.57. The van der Waals surface area contributed by atoms with Crippen molar-refractivity contribution in [3.8, 4) is 17.1 Å². The number of rotatable bonds is 7. The highest BCUT2D eigenvalue weighted by Crippen LogP contribution is 2.20. The maximum absolute atomic E-state index is 5.46. The van der Waals surface area contributed by atoms with Crippen LogP contribution in [0.2, 0.25) is 0 Å². The quantitative estimate of drug-likeness (QED) is 0.605. The molecule has 3 aromatic rings. The van der Waals surface area contributed by atoms with Gasteiger partial charge < -0.3 is 9.26 Å². The number of hydrogen-bond donors (Lipinski definition) is 0. The van der Waals surface area contributed by atoms with Crippen LogP contribution in [0.3, 0.4) is 0 Å². The van der Waals surface area contributed by atoms with E-state index in [1.54, 1.807) is 18.4 Å². The Hall–Kier alpha value is -2.29. The molecule has 0 amide bonds. The summed E-state index contributed by atoms with van der Waals surface area (Å²) in [6.45, 7) is 7.81. The van der Waals surface area contributed by atoms with E-state index >= 15 is 0 Å². The molecule has 8 heteroatoms. The summed E-state index contributed by atoms with van der Waals surface area (Å²) in [6.07, 6.45) is 1.02. The van der Waals surface area contributed by atoms with E-state index in [-0.39, 0.29) is 0 Å². The number of nitrogens with zero attached hydrogens (tertiary/aromatic N) is 5. The predicted octanol–water partition coefficient (Wildman–Crippen LogP) is 3.08. The minimum atomic E-state index is 0.617. The van der Waals surface area contributed by atoms with Gasteiger partial charge in [-0.05, 0) is 30.7 Å². The van der Waals surface area contributed by atoms with Gasteiger partial charge in [-0.25, -0.2) is 4.98 Å². The highest BCUT2D eigenvalue weighted by atomic mass is 32.1. The minimum Gasteiger partial charge on any atom is -0.497 e. The minimum absolute atomic E-state index is 0.617. The third-order valence-corrected chi connectivity index (χ3v) is 5.97. The number of piperazine rings is 1. The van der Waals surface area contributed by atoms with Gasteiger partial charge in [-0.15, -0.1) is 11.3 Å². The van der Waals surface area contributed by atoms with Crippen LogP contribution in [0.4, 0.5) is 0 Å². The molecule has 0 aliphatic carbocycles. The van der Waals surface area contributed by atoms with Crippen molar-refractivity contribution < 1.29 is 9.26 Å². The van der Waals surface area contributed by atoms with E-state index in [4.69, 9.17) is 9.26 Å². The number of hydrogen-bond acceptors (Lipinski definition) is 8. The zero-order valence-electron chi connectivity index (χ0n) is 16.3. The Morgan fingerprint density at radius 2 is 1.75 bits per heavy atom. The van der Waals surface area contributed by atoms with E-state index in [1.165, 1.54) is 10.7 Å². The van der Waals surface area contributed by atoms with Gasteiger partial charge in [-0.2, -0.15) is 4.98 Å². The molecule has 1 saturated heterocycles. The van der Waals surface area contributed by atoms with Gasteiger partial charge in [0, 0.05) is 43.7 Å². The van der Waals surface area contributed by atoms with Crippen LogP contribution in [0.15, 0.2) is 34.2 Å². The molecule has 0 saturated carbocycles. The van der Waals surface area contributed by atoms with Gasteiger partial charge in [-0.1, -0.05) is 12.1 Å². The van der Waals surface area contributed by atoms with Gasteiger partial charge >= 0.3 is 0 Å². The Morgan fingerprint density at radius 1 is 1.04 bits per heavy atom. The molecule has 1 aromatic carbocycles. The number of aryl methyl sites for hydroxylation is 1. The molecule has 0 radical (unpaired) electrons. The molecule has 28 heavy (non-hydrogen) atoms. The molecule has 0 unspecified atom stereocenters. The average Bonchev–Trinajstić information content (AvgIpc) is 3.39. The highest BCUT2D eigenvalue weighted by Gasteiger charge is 2.20. The molecule has 0 bridgehead atoms. The Kier molecular flexibility index (Phi) is 5.99. The summed E-state index contributed by atoms with van der Waals surface area (Å²) < 4.78 is 10.6. The maximum atomic E-state index is 5.46. The molecule has 0 N–H and O–H groups in total. The van der Waals surface area contributed by atoms with Crippen LogP contribution in [-0.4, -0.2) is 58.2 Å². The lowest BCUT2D eigenvalue weighted by molar-refractivity contribution is 0.111. The molecule has 1 fully saturated rings. The Balaban J connectivity index is 1.28. The highest BCUT2D eigenvalue weighted by molar-refractivity contribution is 7.09. The summed E-state index contributed by atoms with van der Waals surface area (Å²) in [5.74, 6) is 2.09. The van der Waals surface area contributed by atoms with Crippen LogP contribution in [0.5, 0.6) is 5.75 Å². The van der Waals surface area contributed by atoms with Crippen molar-refractivity contribution in [3.05, 3.63) is 46.2 Å². The standard InChI is InChI=1S/C20H25N5O2S/c1-3-19-21-16(14-28-19)12-24-8-10-25(11-9-24)13-18-22-20(23-27-18)15-4-6-17(26-2)7-5-15/h4-7,14H,3,8-13H2,1-2H3. The van der Waals surface area contributed by atoms with Crippen molar-refractivity contribution in [3.63, 3.8) is 0 Å². The summed E-state index contributed by atoms with van der Waals surface area (Å²) in [6, 6.07) is 7.68. The summed E-state index contributed by atoms with van der Waals surface area (Å²) in [7, 11) is 1.65. The second-order valence-corrected chi connectivity index (χ2v) is 7.82. The first-order valence-corrected chi connectivity index (χ1v) is 10.5. The second-order valence-electron chi connectivity index (χ2n) is 6.88. The summed E-state index contributed by atoms with van der Waals surface area (Å²) in [5.41, 5.74) is 2.12. The van der Waals surface area contributed by atoms with Crippen LogP contribution in [0.1, 0.15) is 23.5 Å². The third-order valence-electron chi connectivity index (χ3n) is 4.93. The number of thiazole rings is 1. The predicted molar refractivity (Wildman–Crippen MR) is 108 cm³/mol. The fourth-order valence-corrected chi connectivity index (χ4v) is 4.02. The van der Waals surface area contributed by atoms with E-state index in [2.05, 4.69) is 37.2 Å². The van der Waals surface area contributed by atoms with Gasteiger partial charge in [0.15, 0.2) is 0 Å². The zero-order chi connectivity index (χ0) is 19.3. The van der Waals surface area contributed by atoms with Gasteiger partial charge in [0.25, 0.3) is 0 Å². The molecule has 0 atom stereocenters. The van der Waals surface area contributed by atoms with E-state index in [0.29, 0.717) is 18.3 Å². The molecule has 148 valence electrons. The van der Waals surface area contributed by atoms with E-state index in [1.807, 2.05) is 24.3 Å². The monoisotopic (exact) mass is 399 g/mol. The van der Waals surface area contributed by atoms with Crippen LogP contribution < -0.4 is 4.74 Å². The number of methoxy groups -OCH3 is 1. The normalized spacial score (nSPS) is 15.8. The topological polar surface area (TPSA) is 67.5 Å². The summed E-state index contributed by atoms with van der Waals surface area (Å²) in [4.78, 5) is 14.0. The fraction of sp³-hybridized carbons (Fsp3) is 0.450. The van der Waals surface area contributed by atoms with Crippen molar-refractivity contribution in [2.75, 3.05) is 33.3 Å². The molecular weight excluding hydrogens is 374 g/mol. The van der Waals surface area contributed by atoms with Gasteiger partial charge in [0.2, 0.25) is 11.7 Å². The molecule has 1 aliphatic rings. The second kappa shape index (κ2) is 8.81. The van der Waals surface area contributed by atoms with Crippen LogP contribution in [-0.2, 0) is 19.5 Å². The molecule has 3 heterocycles. The fourth-order valence-electron chi connectivity index (χ4n) is 3.29. The first kappa shape index (κ1) is 19.0. The van der Waals surface area contributed by atoms with Gasteiger partial charge in [0.1, 0.15) is 5.75 Å². The number of ether oxygens (including phenoxy) is 1. The zero-order valence-corrected chi connectivity index (χ0v) is 17.1. The Bertz CT molecular complexity index is 884. The van der Waals surface area contributed by atoms with E-state index < -0.39 is 0 Å². The molecule has 7 nitrogen and oxygen atoms in total. The lowest BCUT2D eigenvalue weighted by atomic mass is 10.2. The number of aromatic nitrogens is 3. The molecule has 2 aromatic heterocycles. The van der Waals surface area contributed by atoms with Crippen molar-refractivity contribution in [1.29, 1.82) is 0 Å². The van der Waals surface area contributed by atoms with Gasteiger partial charge in [0.05, 0.1) is 24.4 Å². The first-order chi connectivity index (χ1) is 13.7. The van der Waals surface area contributed by atoms with Crippen molar-refractivity contribution in [2.45, 2.75) is 26.4 Å². The van der Waals surface area contributed by atoms with Crippen molar-refractivity contribution in [1.82, 2.24) is 24.9 Å². The van der Waals surface area contributed by atoms with Crippen LogP contribution in [0.25, 0.3) is 11.4 Å². The summed E-state index contributed by atoms with van der Waals surface area (Å²) >= 11 is 1.76. The Morgan fingerprint density at radius 3 is 2.39 bits per heavy atom. The lowest BCUT2D eigenvalue weighted by Crippen LogP contribution is -2.45. The number of benzene rings is 1. The first-order valence-electron chi connectivity index (χ1n) is 9.58. The van der Waals surface area contributed by atoms with Crippen LogP contribution >= 0.6 is 11.3 Å². The largest absolute Gasteiger partial charge is 0.497 e. The smallest absolute Gasteiger partial charge is 0.241 e. The lowest BCUT2D eigenvalue weighted by Gasteiger charge is -2.33. The summed E-state index contributed by atoms with van der Waals surface area (Å²) in [5, 5.41) is 7.52. The van der Waals surface area contributed by atoms with Crippen molar-refractivity contribution in [2.24, 2.45) is 0 Å². The maximum Gasteiger partial charge on any atom is 0.241 e.